The minimum Gasteiger partial charge on any atom is -0.494 e. The first-order chi connectivity index (χ1) is 11.5. The minimum atomic E-state index is -0.915. The molecule has 0 saturated heterocycles. The summed E-state index contributed by atoms with van der Waals surface area (Å²) in [5.74, 6) is -0.697. The molecule has 2 rings (SSSR count). The number of hydrogen-bond donors (Lipinski definition) is 0. The summed E-state index contributed by atoms with van der Waals surface area (Å²) in [6.07, 6.45) is 0. The first-order valence-corrected chi connectivity index (χ1v) is 7.19. The minimum absolute atomic E-state index is 0.193. The van der Waals surface area contributed by atoms with Crippen LogP contribution in [0.5, 0.6) is 5.75 Å². The third kappa shape index (κ3) is 4.16. The Morgan fingerprint density at radius 2 is 1.75 bits per heavy atom. The molecule has 0 atom stereocenters. The molecule has 0 aliphatic rings. The van der Waals surface area contributed by atoms with Gasteiger partial charge in [-0.3, -0.25) is 14.9 Å². The van der Waals surface area contributed by atoms with Crippen LogP contribution in [0.25, 0.3) is 0 Å². The average molecular weight is 329 g/mol. The van der Waals surface area contributed by atoms with Gasteiger partial charge in [0.25, 0.3) is 5.69 Å². The normalized spacial score (nSPS) is 10.0. The number of ketones is 1. The SMILES string of the molecule is CCOc1ccc(C(=O)COC(=O)c2ccccc2[N+](=O)[O-])cc1. The molecule has 0 bridgehead atoms. The van der Waals surface area contributed by atoms with E-state index in [2.05, 4.69) is 0 Å². The predicted molar refractivity (Wildman–Crippen MR) is 85.3 cm³/mol. The molecule has 2 aromatic rings. The number of ether oxygens (including phenoxy) is 2. The molecule has 0 fully saturated rings. The molecule has 0 heterocycles. The molecule has 0 radical (unpaired) electrons. The molecule has 0 aliphatic heterocycles. The summed E-state index contributed by atoms with van der Waals surface area (Å²) < 4.78 is 10.2. The van der Waals surface area contributed by atoms with E-state index < -0.39 is 23.3 Å². The Bertz CT molecular complexity index is 754. The Morgan fingerprint density at radius 1 is 1.08 bits per heavy atom. The number of hydrogen-bond acceptors (Lipinski definition) is 6. The lowest BCUT2D eigenvalue weighted by molar-refractivity contribution is -0.385. The lowest BCUT2D eigenvalue weighted by Crippen LogP contribution is -2.15. The standard InChI is InChI=1S/C17H15NO6/c1-2-23-13-9-7-12(8-10-13)16(19)11-24-17(20)14-5-3-4-6-15(14)18(21)22/h3-10H,2,11H2,1H3. The van der Waals surface area contributed by atoms with Gasteiger partial charge >= 0.3 is 5.97 Å². The van der Waals surface area contributed by atoms with E-state index in [1.165, 1.54) is 24.3 Å². The highest BCUT2D eigenvalue weighted by atomic mass is 16.6. The molecule has 7 heteroatoms. The van der Waals surface area contributed by atoms with E-state index in [0.717, 1.165) is 0 Å². The maximum absolute atomic E-state index is 12.0. The van der Waals surface area contributed by atoms with Crippen molar-refractivity contribution in [3.05, 3.63) is 69.8 Å². The first-order valence-electron chi connectivity index (χ1n) is 7.19. The third-order valence-electron chi connectivity index (χ3n) is 3.14. The number of esters is 1. The second-order valence-corrected chi connectivity index (χ2v) is 4.73. The number of carbonyl (C=O) groups excluding carboxylic acids is 2. The summed E-state index contributed by atoms with van der Waals surface area (Å²) >= 11 is 0. The Balaban J connectivity index is 2.01. The van der Waals surface area contributed by atoms with Crippen molar-refractivity contribution >= 4 is 17.4 Å². The van der Waals surface area contributed by atoms with E-state index in [0.29, 0.717) is 17.9 Å². The highest BCUT2D eigenvalue weighted by Crippen LogP contribution is 2.19. The highest BCUT2D eigenvalue weighted by Gasteiger charge is 2.21. The zero-order chi connectivity index (χ0) is 17.5. The summed E-state index contributed by atoms with van der Waals surface area (Å²) in [5.41, 5.74) is -0.202. The van der Waals surface area contributed by atoms with Gasteiger partial charge in [0.2, 0.25) is 0 Å². The summed E-state index contributed by atoms with van der Waals surface area (Å²) in [7, 11) is 0. The predicted octanol–water partition coefficient (Wildman–Crippen LogP) is 3.03. The Hall–Kier alpha value is -3.22. The van der Waals surface area contributed by atoms with Crippen molar-refractivity contribution in [3.63, 3.8) is 0 Å². The Kier molecular flexibility index (Phi) is 5.62. The van der Waals surface area contributed by atoms with Crippen molar-refractivity contribution in [3.8, 4) is 5.75 Å². The van der Waals surface area contributed by atoms with Crippen molar-refractivity contribution in [2.75, 3.05) is 13.2 Å². The maximum atomic E-state index is 12.0. The van der Waals surface area contributed by atoms with E-state index in [1.807, 2.05) is 6.92 Å². The van der Waals surface area contributed by atoms with E-state index >= 15 is 0 Å². The second kappa shape index (κ2) is 7.87. The molecule has 2 aromatic carbocycles. The van der Waals surface area contributed by atoms with Crippen LogP contribution in [0.4, 0.5) is 5.69 Å². The quantitative estimate of drug-likeness (QED) is 0.335. The van der Waals surface area contributed by atoms with Gasteiger partial charge in [-0.2, -0.15) is 0 Å². The van der Waals surface area contributed by atoms with Gasteiger partial charge in [0, 0.05) is 11.6 Å². The van der Waals surface area contributed by atoms with Crippen LogP contribution in [0.1, 0.15) is 27.6 Å². The van der Waals surface area contributed by atoms with Crippen LogP contribution in [0.15, 0.2) is 48.5 Å². The van der Waals surface area contributed by atoms with Gasteiger partial charge in [-0.25, -0.2) is 4.79 Å². The molecule has 7 nitrogen and oxygen atoms in total. The van der Waals surface area contributed by atoms with Crippen LogP contribution >= 0.6 is 0 Å². The third-order valence-corrected chi connectivity index (χ3v) is 3.14. The number of para-hydroxylation sites is 1. The fourth-order valence-corrected chi connectivity index (χ4v) is 2.00. The first kappa shape index (κ1) is 17.1. The fraction of sp³-hybridized carbons (Fsp3) is 0.176. The number of nitro groups is 1. The van der Waals surface area contributed by atoms with Crippen molar-refractivity contribution in [1.29, 1.82) is 0 Å². The van der Waals surface area contributed by atoms with Crippen molar-refractivity contribution in [1.82, 2.24) is 0 Å². The van der Waals surface area contributed by atoms with Crippen molar-refractivity contribution in [2.24, 2.45) is 0 Å². The monoisotopic (exact) mass is 329 g/mol. The molecule has 0 aromatic heterocycles. The number of benzene rings is 2. The second-order valence-electron chi connectivity index (χ2n) is 4.73. The van der Waals surface area contributed by atoms with Gasteiger partial charge in [-0.15, -0.1) is 0 Å². The van der Waals surface area contributed by atoms with Gasteiger partial charge in [0.1, 0.15) is 11.3 Å². The number of nitro benzene ring substituents is 1. The fourth-order valence-electron chi connectivity index (χ4n) is 2.00. The Labute approximate surface area is 138 Å². The van der Waals surface area contributed by atoms with Gasteiger partial charge in [0.15, 0.2) is 12.4 Å². The smallest absolute Gasteiger partial charge is 0.345 e. The molecular formula is C17H15NO6. The lowest BCUT2D eigenvalue weighted by Gasteiger charge is -2.06. The molecule has 124 valence electrons. The van der Waals surface area contributed by atoms with Crippen LogP contribution in [0.2, 0.25) is 0 Å². The van der Waals surface area contributed by atoms with Gasteiger partial charge in [0.05, 0.1) is 11.5 Å². The number of carbonyl (C=O) groups is 2. The number of rotatable bonds is 7. The Morgan fingerprint density at radius 3 is 2.38 bits per heavy atom. The molecule has 0 amide bonds. The molecule has 0 N–H and O–H groups in total. The van der Waals surface area contributed by atoms with E-state index in [1.54, 1.807) is 24.3 Å². The van der Waals surface area contributed by atoms with E-state index in [-0.39, 0.29) is 11.3 Å². The summed E-state index contributed by atoms with van der Waals surface area (Å²) in [6.45, 7) is 1.86. The van der Waals surface area contributed by atoms with Crippen LogP contribution in [-0.2, 0) is 4.74 Å². The van der Waals surface area contributed by atoms with E-state index in [4.69, 9.17) is 9.47 Å². The van der Waals surface area contributed by atoms with Gasteiger partial charge in [-0.1, -0.05) is 12.1 Å². The van der Waals surface area contributed by atoms with Crippen molar-refractivity contribution in [2.45, 2.75) is 6.92 Å². The average Bonchev–Trinajstić information content (AvgIpc) is 2.60. The largest absolute Gasteiger partial charge is 0.494 e. The van der Waals surface area contributed by atoms with Crippen molar-refractivity contribution < 1.29 is 24.0 Å². The highest BCUT2D eigenvalue weighted by molar-refractivity contribution is 6.00. The zero-order valence-corrected chi connectivity index (χ0v) is 12.9. The number of nitrogens with zero attached hydrogens (tertiary/aromatic N) is 1. The summed E-state index contributed by atoms with van der Waals surface area (Å²) in [5, 5.41) is 10.9. The topological polar surface area (TPSA) is 95.7 Å². The zero-order valence-electron chi connectivity index (χ0n) is 12.9. The van der Waals surface area contributed by atoms with Crippen LogP contribution < -0.4 is 4.74 Å². The van der Waals surface area contributed by atoms with Gasteiger partial charge < -0.3 is 9.47 Å². The van der Waals surface area contributed by atoms with Gasteiger partial charge in [-0.05, 0) is 37.3 Å². The van der Waals surface area contributed by atoms with Crippen LogP contribution in [0.3, 0.4) is 0 Å². The number of Topliss-reactive ketones (excluding diaryl/α,β-unsaturated/α-hetero) is 1. The summed E-state index contributed by atoms with van der Waals surface area (Å²) in [4.78, 5) is 34.2. The lowest BCUT2D eigenvalue weighted by atomic mass is 10.1. The molecular weight excluding hydrogens is 314 g/mol. The molecule has 24 heavy (non-hydrogen) atoms. The maximum Gasteiger partial charge on any atom is 0.345 e. The van der Waals surface area contributed by atoms with Crippen LogP contribution in [-0.4, -0.2) is 29.9 Å². The van der Waals surface area contributed by atoms with Crippen LogP contribution in [0, 0.1) is 10.1 Å². The van der Waals surface area contributed by atoms with E-state index in [9.17, 15) is 19.7 Å². The molecule has 0 spiro atoms. The molecule has 0 aliphatic carbocycles. The molecule has 0 unspecified atom stereocenters. The summed E-state index contributed by atoms with van der Waals surface area (Å²) in [6, 6.07) is 11.8. The molecule has 0 saturated carbocycles.